The average Bonchev–Trinajstić information content (AvgIpc) is 2.81. The molecule has 4 rings (SSSR count). The van der Waals surface area contributed by atoms with Crippen LogP contribution in [-0.2, 0) is 6.61 Å². The number of halogens is 1. The summed E-state index contributed by atoms with van der Waals surface area (Å²) in [6.07, 6.45) is 1.57. The number of fused-ring (bicyclic) bond motifs is 1. The number of hydrogen-bond acceptors (Lipinski definition) is 6. The summed E-state index contributed by atoms with van der Waals surface area (Å²) in [4.78, 5) is 22.3. The number of carbonyl (C=O) groups is 1. The molecule has 0 radical (unpaired) electrons. The molecule has 0 atom stereocenters. The van der Waals surface area contributed by atoms with Gasteiger partial charge in [0.05, 0.1) is 19.4 Å². The van der Waals surface area contributed by atoms with Crippen LogP contribution in [0.1, 0.15) is 27.2 Å². The Balaban J connectivity index is 1.95. The fourth-order valence-electron chi connectivity index (χ4n) is 3.39. The van der Waals surface area contributed by atoms with Gasteiger partial charge < -0.3 is 19.6 Å². The van der Waals surface area contributed by atoms with Crippen molar-refractivity contribution in [2.75, 3.05) is 12.4 Å². The van der Waals surface area contributed by atoms with Crippen molar-refractivity contribution in [2.45, 2.75) is 20.5 Å². The maximum absolute atomic E-state index is 13.3. The molecular formula is C25H22BrN3O4. The third-order valence-corrected chi connectivity index (χ3v) is 5.65. The van der Waals surface area contributed by atoms with Crippen LogP contribution in [-0.4, -0.2) is 23.1 Å². The number of aromatic nitrogens is 1. The quantitative estimate of drug-likeness (QED) is 0.387. The monoisotopic (exact) mass is 507 g/mol. The van der Waals surface area contributed by atoms with Crippen LogP contribution in [0.5, 0.6) is 5.75 Å². The number of aliphatic hydroxyl groups excluding tert-OH is 1. The Labute approximate surface area is 198 Å². The van der Waals surface area contributed by atoms with E-state index in [4.69, 9.17) is 9.15 Å². The summed E-state index contributed by atoms with van der Waals surface area (Å²) in [7, 11) is 1.56. The molecule has 168 valence electrons. The van der Waals surface area contributed by atoms with Gasteiger partial charge in [0, 0.05) is 27.3 Å². The van der Waals surface area contributed by atoms with E-state index >= 15 is 0 Å². The topological polar surface area (TPSA) is 97.0 Å². The van der Waals surface area contributed by atoms with Crippen LogP contribution in [0.25, 0.3) is 11.0 Å². The predicted molar refractivity (Wildman–Crippen MR) is 130 cm³/mol. The lowest BCUT2D eigenvalue weighted by molar-refractivity contribution is 0.102. The molecule has 2 aromatic carbocycles. The first-order valence-electron chi connectivity index (χ1n) is 10.2. The first kappa shape index (κ1) is 22.7. The Morgan fingerprint density at radius 1 is 1.18 bits per heavy atom. The number of ether oxygens (including phenoxy) is 1. The number of carbonyl (C=O) groups excluding carboxylic acids is 1. The van der Waals surface area contributed by atoms with E-state index in [9.17, 15) is 9.90 Å². The number of pyridine rings is 1. The van der Waals surface area contributed by atoms with Gasteiger partial charge in [0.2, 0.25) is 5.55 Å². The minimum atomic E-state index is -0.397. The number of hydrogen-bond donors (Lipinski definition) is 2. The van der Waals surface area contributed by atoms with Gasteiger partial charge in [-0.2, -0.15) is 0 Å². The Morgan fingerprint density at radius 2 is 1.94 bits per heavy atom. The average molecular weight is 508 g/mol. The summed E-state index contributed by atoms with van der Waals surface area (Å²) in [6.45, 7) is 3.50. The molecule has 8 heteroatoms. The van der Waals surface area contributed by atoms with E-state index in [0.29, 0.717) is 39.4 Å². The summed E-state index contributed by atoms with van der Waals surface area (Å²) >= 11 is 3.39. The lowest BCUT2D eigenvalue weighted by Gasteiger charge is -2.11. The fourth-order valence-corrected chi connectivity index (χ4v) is 3.65. The molecule has 0 bridgehead atoms. The molecule has 0 saturated heterocycles. The second-order valence-corrected chi connectivity index (χ2v) is 8.40. The summed E-state index contributed by atoms with van der Waals surface area (Å²) in [5.74, 6) is 0.154. The zero-order valence-electron chi connectivity index (χ0n) is 18.3. The molecule has 0 unspecified atom stereocenters. The highest BCUT2D eigenvalue weighted by Gasteiger charge is 2.17. The van der Waals surface area contributed by atoms with Crippen molar-refractivity contribution in [1.29, 1.82) is 0 Å². The van der Waals surface area contributed by atoms with Gasteiger partial charge in [-0.05, 0) is 61.9 Å². The third kappa shape index (κ3) is 4.81. The van der Waals surface area contributed by atoms with E-state index in [1.807, 2.05) is 37.3 Å². The Hall–Kier alpha value is -3.49. The van der Waals surface area contributed by atoms with Crippen molar-refractivity contribution in [3.05, 3.63) is 87.1 Å². The first-order valence-corrected chi connectivity index (χ1v) is 11.0. The fraction of sp³-hybridized carbons (Fsp3) is 0.160. The zero-order chi connectivity index (χ0) is 23.5. The van der Waals surface area contributed by atoms with Crippen molar-refractivity contribution in [2.24, 2.45) is 4.99 Å². The maximum Gasteiger partial charge on any atom is 0.261 e. The molecule has 2 heterocycles. The molecule has 7 nitrogen and oxygen atoms in total. The number of aliphatic hydroxyl groups is 1. The van der Waals surface area contributed by atoms with E-state index in [0.717, 1.165) is 10.0 Å². The second kappa shape index (κ2) is 9.56. The van der Waals surface area contributed by atoms with E-state index in [-0.39, 0.29) is 17.7 Å². The lowest BCUT2D eigenvalue weighted by atomic mass is 10.1. The van der Waals surface area contributed by atoms with Crippen molar-refractivity contribution in [1.82, 2.24) is 4.98 Å². The van der Waals surface area contributed by atoms with Crippen LogP contribution >= 0.6 is 15.9 Å². The SMILES string of the molecule is COc1ccc(C)cc1N=c1oc2c(C)ncc(CO)c2cc1C(=O)Nc1ccc(Br)cc1. The van der Waals surface area contributed by atoms with Gasteiger partial charge in [-0.15, -0.1) is 0 Å². The number of amides is 1. The summed E-state index contributed by atoms with van der Waals surface area (Å²) in [5, 5.41) is 13.3. The highest BCUT2D eigenvalue weighted by molar-refractivity contribution is 9.10. The van der Waals surface area contributed by atoms with Crippen molar-refractivity contribution < 1.29 is 19.1 Å². The van der Waals surface area contributed by atoms with Crippen molar-refractivity contribution in [3.63, 3.8) is 0 Å². The van der Waals surface area contributed by atoms with E-state index in [1.165, 1.54) is 0 Å². The number of anilines is 1. The number of nitrogens with zero attached hydrogens (tertiary/aromatic N) is 2. The van der Waals surface area contributed by atoms with Crippen LogP contribution in [0.3, 0.4) is 0 Å². The minimum Gasteiger partial charge on any atom is -0.494 e. The summed E-state index contributed by atoms with van der Waals surface area (Å²) < 4.78 is 12.5. The molecule has 4 aromatic rings. The normalized spacial score (nSPS) is 11.6. The highest BCUT2D eigenvalue weighted by Crippen LogP contribution is 2.28. The number of benzene rings is 2. The molecular weight excluding hydrogens is 486 g/mol. The number of rotatable bonds is 5. The Morgan fingerprint density at radius 3 is 2.64 bits per heavy atom. The summed E-state index contributed by atoms with van der Waals surface area (Å²) in [5.41, 5.74) is 4.09. The predicted octanol–water partition coefficient (Wildman–Crippen LogP) is 5.19. The Bertz CT molecular complexity index is 1410. The zero-order valence-corrected chi connectivity index (χ0v) is 19.9. The highest BCUT2D eigenvalue weighted by atomic mass is 79.9. The van der Waals surface area contributed by atoms with Gasteiger partial charge in [0.15, 0.2) is 5.58 Å². The van der Waals surface area contributed by atoms with Crippen molar-refractivity contribution in [3.8, 4) is 5.75 Å². The van der Waals surface area contributed by atoms with Crippen LogP contribution in [0, 0.1) is 13.8 Å². The number of aryl methyl sites for hydroxylation is 2. The van der Waals surface area contributed by atoms with Gasteiger partial charge in [-0.25, -0.2) is 4.99 Å². The van der Waals surface area contributed by atoms with E-state index < -0.39 is 5.91 Å². The lowest BCUT2D eigenvalue weighted by Crippen LogP contribution is -2.22. The molecule has 1 amide bonds. The van der Waals surface area contributed by atoms with E-state index in [2.05, 4.69) is 31.2 Å². The largest absolute Gasteiger partial charge is 0.494 e. The third-order valence-electron chi connectivity index (χ3n) is 5.12. The van der Waals surface area contributed by atoms with Crippen molar-refractivity contribution >= 4 is 44.2 Å². The smallest absolute Gasteiger partial charge is 0.261 e. The molecule has 2 aromatic heterocycles. The first-order chi connectivity index (χ1) is 15.9. The van der Waals surface area contributed by atoms with Gasteiger partial charge in [-0.3, -0.25) is 9.78 Å². The van der Waals surface area contributed by atoms with E-state index in [1.54, 1.807) is 38.4 Å². The molecule has 0 aliphatic heterocycles. The minimum absolute atomic E-state index is 0.112. The van der Waals surface area contributed by atoms with Gasteiger partial charge in [0.25, 0.3) is 5.91 Å². The van der Waals surface area contributed by atoms with Gasteiger partial charge >= 0.3 is 0 Å². The van der Waals surface area contributed by atoms with Crippen LogP contribution in [0.4, 0.5) is 11.4 Å². The van der Waals surface area contributed by atoms with Crippen LogP contribution < -0.4 is 15.6 Å². The summed E-state index contributed by atoms with van der Waals surface area (Å²) in [6, 6.07) is 14.5. The molecule has 0 fully saturated rings. The van der Waals surface area contributed by atoms with Gasteiger partial charge in [0.1, 0.15) is 17.0 Å². The van der Waals surface area contributed by atoms with Crippen LogP contribution in [0.15, 0.2) is 68.6 Å². The number of methoxy groups -OCH3 is 1. The molecule has 33 heavy (non-hydrogen) atoms. The molecule has 2 N–H and O–H groups in total. The molecule has 0 aliphatic carbocycles. The molecule has 0 saturated carbocycles. The van der Waals surface area contributed by atoms with Crippen LogP contribution in [0.2, 0.25) is 0 Å². The maximum atomic E-state index is 13.3. The second-order valence-electron chi connectivity index (χ2n) is 7.48. The number of nitrogens with one attached hydrogen (secondary N) is 1. The molecule has 0 spiro atoms. The Kier molecular flexibility index (Phi) is 6.57. The van der Waals surface area contributed by atoms with Gasteiger partial charge in [-0.1, -0.05) is 22.0 Å². The molecule has 0 aliphatic rings. The standard InChI is InChI=1S/C25H22BrN3O4/c1-14-4-9-22(32-3)21(10-14)29-25-20(24(31)28-18-7-5-17(26)6-8-18)11-19-16(13-30)12-27-15(2)23(19)33-25/h4-12,30H,13H2,1-3H3,(H,28,31).